The minimum atomic E-state index is -0.0326. The van der Waals surface area contributed by atoms with Crippen LogP contribution in [0.1, 0.15) is 26.7 Å². The zero-order valence-electron chi connectivity index (χ0n) is 16.7. The van der Waals surface area contributed by atoms with Crippen molar-refractivity contribution in [3.63, 3.8) is 0 Å². The van der Waals surface area contributed by atoms with Gasteiger partial charge in [-0.1, -0.05) is 17.7 Å². The van der Waals surface area contributed by atoms with E-state index in [4.69, 9.17) is 26.1 Å². The molecule has 0 aromatic heterocycles. The van der Waals surface area contributed by atoms with Gasteiger partial charge in [0, 0.05) is 44.4 Å². The number of halogens is 1. The van der Waals surface area contributed by atoms with E-state index in [-0.39, 0.29) is 6.10 Å². The molecule has 27 heavy (non-hydrogen) atoms. The van der Waals surface area contributed by atoms with Crippen LogP contribution >= 0.6 is 11.6 Å². The highest BCUT2D eigenvalue weighted by molar-refractivity contribution is 6.30. The van der Waals surface area contributed by atoms with Gasteiger partial charge >= 0.3 is 0 Å². The van der Waals surface area contributed by atoms with Crippen LogP contribution in [0.4, 0.5) is 0 Å². The maximum atomic E-state index is 6.01. The van der Waals surface area contributed by atoms with E-state index in [1.165, 1.54) is 0 Å². The number of aliphatic imine (C=N–C) groups is 1. The van der Waals surface area contributed by atoms with Crippen LogP contribution in [0.15, 0.2) is 29.3 Å². The summed E-state index contributed by atoms with van der Waals surface area (Å²) < 4.78 is 11.1. The molecule has 1 aliphatic rings. The highest BCUT2D eigenvalue weighted by Crippen LogP contribution is 2.18. The van der Waals surface area contributed by atoms with Gasteiger partial charge in [0.25, 0.3) is 0 Å². The zero-order valence-corrected chi connectivity index (χ0v) is 17.5. The second-order valence-corrected chi connectivity index (χ2v) is 7.29. The van der Waals surface area contributed by atoms with E-state index in [1.54, 1.807) is 7.11 Å². The highest BCUT2D eigenvalue weighted by Gasteiger charge is 2.19. The van der Waals surface area contributed by atoms with Gasteiger partial charge in [-0.3, -0.25) is 0 Å². The van der Waals surface area contributed by atoms with E-state index in [0.717, 1.165) is 57.3 Å². The molecule has 1 unspecified atom stereocenters. The van der Waals surface area contributed by atoms with Crippen molar-refractivity contribution in [3.8, 4) is 5.75 Å². The number of nitrogens with one attached hydrogen (secondary N) is 2. The van der Waals surface area contributed by atoms with Gasteiger partial charge in [0.1, 0.15) is 11.9 Å². The van der Waals surface area contributed by atoms with Crippen LogP contribution in [0.5, 0.6) is 5.75 Å². The Morgan fingerprint density at radius 2 is 2.15 bits per heavy atom. The monoisotopic (exact) mass is 396 g/mol. The van der Waals surface area contributed by atoms with Crippen molar-refractivity contribution in [3.05, 3.63) is 29.3 Å². The van der Waals surface area contributed by atoms with Crippen LogP contribution in [0, 0.1) is 0 Å². The number of hydrogen-bond acceptors (Lipinski definition) is 4. The fraction of sp³-hybridized carbons (Fsp3) is 0.650. The zero-order chi connectivity index (χ0) is 19.5. The first-order chi connectivity index (χ1) is 13.1. The van der Waals surface area contributed by atoms with Gasteiger partial charge < -0.3 is 25.0 Å². The molecule has 0 saturated carbocycles. The summed E-state index contributed by atoms with van der Waals surface area (Å²) in [6.07, 6.45) is 2.19. The summed E-state index contributed by atoms with van der Waals surface area (Å²) in [5.74, 6) is 1.63. The molecule has 0 bridgehead atoms. The maximum Gasteiger partial charge on any atom is 0.191 e. The number of ether oxygens (including phenoxy) is 2. The number of guanidine groups is 1. The minimum absolute atomic E-state index is 0.0326. The molecule has 0 spiro atoms. The van der Waals surface area contributed by atoms with Gasteiger partial charge in [0.2, 0.25) is 0 Å². The van der Waals surface area contributed by atoms with Crippen LogP contribution < -0.4 is 15.4 Å². The molecule has 0 aliphatic carbocycles. The van der Waals surface area contributed by atoms with Crippen LogP contribution in [0.2, 0.25) is 5.02 Å². The lowest BCUT2D eigenvalue weighted by atomic mass is 10.1. The molecule has 6 nitrogen and oxygen atoms in total. The summed E-state index contributed by atoms with van der Waals surface area (Å²) in [4.78, 5) is 7.15. The highest BCUT2D eigenvalue weighted by atomic mass is 35.5. The van der Waals surface area contributed by atoms with Crippen molar-refractivity contribution < 1.29 is 9.47 Å². The second-order valence-electron chi connectivity index (χ2n) is 6.86. The topological polar surface area (TPSA) is 58.1 Å². The quantitative estimate of drug-likeness (QED) is 0.496. The Morgan fingerprint density at radius 1 is 1.37 bits per heavy atom. The lowest BCUT2D eigenvalue weighted by Gasteiger charge is -2.32. The molecule has 1 fully saturated rings. The van der Waals surface area contributed by atoms with Gasteiger partial charge in [-0.2, -0.15) is 0 Å². The lowest BCUT2D eigenvalue weighted by Crippen LogP contribution is -2.49. The summed E-state index contributed by atoms with van der Waals surface area (Å²) in [5.41, 5.74) is 0. The first-order valence-electron chi connectivity index (χ1n) is 9.79. The normalized spacial score (nSPS) is 17.6. The van der Waals surface area contributed by atoms with E-state index >= 15 is 0 Å². The number of methoxy groups -OCH3 is 1. The molecule has 152 valence electrons. The predicted octanol–water partition coefficient (Wildman–Crippen LogP) is 2.77. The number of hydrogen-bond donors (Lipinski definition) is 2. The Bertz CT molecular complexity index is 577. The van der Waals surface area contributed by atoms with Crippen LogP contribution in [-0.2, 0) is 4.74 Å². The van der Waals surface area contributed by atoms with Crippen LogP contribution in [0.25, 0.3) is 0 Å². The van der Waals surface area contributed by atoms with Gasteiger partial charge in [-0.15, -0.1) is 0 Å². The molecule has 7 heteroatoms. The molecule has 1 heterocycles. The van der Waals surface area contributed by atoms with Crippen LogP contribution in [0.3, 0.4) is 0 Å². The third kappa shape index (κ3) is 8.37. The van der Waals surface area contributed by atoms with Gasteiger partial charge in [0.05, 0.1) is 13.2 Å². The van der Waals surface area contributed by atoms with Gasteiger partial charge in [-0.25, -0.2) is 4.99 Å². The van der Waals surface area contributed by atoms with E-state index in [0.29, 0.717) is 17.6 Å². The van der Waals surface area contributed by atoms with E-state index < -0.39 is 0 Å². The third-order valence-corrected chi connectivity index (χ3v) is 4.76. The summed E-state index contributed by atoms with van der Waals surface area (Å²) in [7, 11) is 1.75. The molecule has 1 aliphatic heterocycles. The van der Waals surface area contributed by atoms with Crippen LogP contribution in [-0.4, -0.2) is 69.4 Å². The van der Waals surface area contributed by atoms with Crippen molar-refractivity contribution in [2.75, 3.05) is 46.4 Å². The standard InChI is InChI=1S/C20H33ClN4O2/c1-4-22-20(24-18-8-10-25(11-9-18)12-13-26-3)23-15-16(2)27-19-7-5-6-17(21)14-19/h5-7,14,16,18H,4,8-13,15H2,1-3H3,(H2,22,23,24). The molecule has 0 radical (unpaired) electrons. The molecule has 1 aromatic carbocycles. The average Bonchev–Trinajstić information content (AvgIpc) is 2.66. The fourth-order valence-corrected chi connectivity index (χ4v) is 3.24. The predicted molar refractivity (Wildman–Crippen MR) is 112 cm³/mol. The number of rotatable bonds is 9. The van der Waals surface area contributed by atoms with Crippen molar-refractivity contribution in [2.24, 2.45) is 4.99 Å². The lowest BCUT2D eigenvalue weighted by molar-refractivity contribution is 0.128. The molecular formula is C20H33ClN4O2. The smallest absolute Gasteiger partial charge is 0.191 e. The van der Waals surface area contributed by atoms with Gasteiger partial charge in [0.15, 0.2) is 5.96 Å². The largest absolute Gasteiger partial charge is 0.489 e. The van der Waals surface area contributed by atoms with E-state index in [9.17, 15) is 0 Å². The average molecular weight is 397 g/mol. The number of piperidine rings is 1. The summed E-state index contributed by atoms with van der Waals surface area (Å²) in [5, 5.41) is 7.57. The second kappa shape index (κ2) is 12.1. The summed E-state index contributed by atoms with van der Waals surface area (Å²) >= 11 is 6.01. The van der Waals surface area contributed by atoms with Crippen molar-refractivity contribution in [2.45, 2.75) is 38.8 Å². The Balaban J connectivity index is 1.79. The first-order valence-corrected chi connectivity index (χ1v) is 10.2. The number of benzene rings is 1. The third-order valence-electron chi connectivity index (χ3n) is 4.52. The SMILES string of the molecule is CCNC(=NCC(C)Oc1cccc(Cl)c1)NC1CCN(CCOC)CC1. The molecule has 0 amide bonds. The number of likely N-dealkylation sites (tertiary alicyclic amines) is 1. The van der Waals surface area contributed by atoms with Crippen molar-refractivity contribution in [1.82, 2.24) is 15.5 Å². The van der Waals surface area contributed by atoms with Crippen molar-refractivity contribution >= 4 is 17.6 Å². The van der Waals surface area contributed by atoms with Crippen molar-refractivity contribution in [1.29, 1.82) is 0 Å². The molecular weight excluding hydrogens is 364 g/mol. The fourth-order valence-electron chi connectivity index (χ4n) is 3.06. The Hall–Kier alpha value is -1.50. The maximum absolute atomic E-state index is 6.01. The Morgan fingerprint density at radius 3 is 2.81 bits per heavy atom. The Labute approximate surface area is 168 Å². The number of nitrogens with zero attached hydrogens (tertiary/aromatic N) is 2. The molecule has 2 rings (SSSR count). The first kappa shape index (κ1) is 21.8. The van der Waals surface area contributed by atoms with Gasteiger partial charge in [-0.05, 0) is 44.9 Å². The summed E-state index contributed by atoms with van der Waals surface area (Å²) in [6.45, 7) is 9.50. The molecule has 2 N–H and O–H groups in total. The Kier molecular flexibility index (Phi) is 9.73. The molecule has 1 aromatic rings. The van der Waals surface area contributed by atoms with E-state index in [1.807, 2.05) is 31.2 Å². The van der Waals surface area contributed by atoms with E-state index in [2.05, 4.69) is 22.5 Å². The minimum Gasteiger partial charge on any atom is -0.489 e. The molecule has 1 atom stereocenters. The molecule has 1 saturated heterocycles. The summed E-state index contributed by atoms with van der Waals surface area (Å²) in [6, 6.07) is 7.91.